The smallest absolute Gasteiger partial charge is 0.270 e. The molecule has 0 aromatic carbocycles. The van der Waals surface area contributed by atoms with E-state index in [9.17, 15) is 14.9 Å². The Balaban J connectivity index is 2.21. The number of nitrogens with zero attached hydrogens (tertiary/aromatic N) is 5. The number of hydrogen-bond acceptors (Lipinski definition) is 7. The van der Waals surface area contributed by atoms with Crippen molar-refractivity contribution < 1.29 is 4.79 Å². The van der Waals surface area contributed by atoms with E-state index in [0.29, 0.717) is 27.9 Å². The summed E-state index contributed by atoms with van der Waals surface area (Å²) in [7, 11) is 2.09. The Bertz CT molecular complexity index is 1030. The Hall–Kier alpha value is -2.15. The molecular formula is C23H31N5O2S2. The number of carbonyl (C=O) groups excluding carboxylic acids is 1. The van der Waals surface area contributed by atoms with Crippen LogP contribution in [-0.4, -0.2) is 64.4 Å². The zero-order chi connectivity index (χ0) is 23.4. The number of rotatable bonds is 7. The van der Waals surface area contributed by atoms with E-state index in [1.807, 2.05) is 19.9 Å². The first-order chi connectivity index (χ1) is 15.3. The van der Waals surface area contributed by atoms with Gasteiger partial charge in [0.2, 0.25) is 0 Å². The second-order valence-corrected chi connectivity index (χ2v) is 9.96. The molecule has 3 rings (SSSR count). The molecule has 0 N–H and O–H groups in total. The zero-order valence-corrected chi connectivity index (χ0v) is 20.9. The van der Waals surface area contributed by atoms with Gasteiger partial charge in [0.15, 0.2) is 0 Å². The lowest BCUT2D eigenvalue weighted by Gasteiger charge is -2.36. The zero-order valence-electron chi connectivity index (χ0n) is 19.3. The quantitative estimate of drug-likeness (QED) is 0.445. The van der Waals surface area contributed by atoms with Crippen molar-refractivity contribution in [3.05, 3.63) is 31.9 Å². The summed E-state index contributed by atoms with van der Waals surface area (Å²) in [6, 6.07) is 2.11. The molecule has 0 atom stereocenters. The van der Waals surface area contributed by atoms with E-state index in [1.165, 1.54) is 11.8 Å². The molecule has 0 aliphatic carbocycles. The first kappa shape index (κ1) is 24.5. The van der Waals surface area contributed by atoms with Crippen molar-refractivity contribution in [1.29, 1.82) is 5.26 Å². The topological polar surface area (TPSA) is 72.6 Å². The molecule has 1 amide bonds. The van der Waals surface area contributed by atoms with Crippen LogP contribution in [0.3, 0.4) is 0 Å². The monoisotopic (exact) mass is 473 g/mol. The van der Waals surface area contributed by atoms with Crippen LogP contribution in [0.5, 0.6) is 0 Å². The van der Waals surface area contributed by atoms with Crippen molar-refractivity contribution in [2.45, 2.75) is 46.6 Å². The summed E-state index contributed by atoms with van der Waals surface area (Å²) >= 11 is 6.73. The summed E-state index contributed by atoms with van der Waals surface area (Å²) < 4.78 is 2.31. The molecule has 3 heterocycles. The number of likely N-dealkylation sites (N-methyl/N-ethyl adjacent to an activating group) is 1. The molecule has 0 saturated carbocycles. The summed E-state index contributed by atoms with van der Waals surface area (Å²) in [6.45, 7) is 10.4. The van der Waals surface area contributed by atoms with Crippen LogP contribution >= 0.6 is 24.0 Å². The van der Waals surface area contributed by atoms with Gasteiger partial charge in [-0.25, -0.2) is 0 Å². The molecule has 0 spiro atoms. The van der Waals surface area contributed by atoms with Crippen molar-refractivity contribution in [3.63, 3.8) is 0 Å². The molecule has 32 heavy (non-hydrogen) atoms. The molecule has 9 heteroatoms. The van der Waals surface area contributed by atoms with E-state index in [-0.39, 0.29) is 17.0 Å². The predicted molar refractivity (Wildman–Crippen MR) is 135 cm³/mol. The molecule has 172 valence electrons. The van der Waals surface area contributed by atoms with Crippen LogP contribution in [0.4, 0.5) is 5.82 Å². The fraction of sp³-hybridized carbons (Fsp3) is 0.565. The Labute approximate surface area is 199 Å². The Morgan fingerprint density at radius 2 is 1.81 bits per heavy atom. The number of unbranched alkanes of at least 4 members (excludes halogenated alkanes) is 1. The molecule has 0 radical (unpaired) electrons. The summed E-state index contributed by atoms with van der Waals surface area (Å²) in [5, 5.41) is 9.77. The van der Waals surface area contributed by atoms with Gasteiger partial charge in [-0.3, -0.25) is 19.1 Å². The third-order valence-electron chi connectivity index (χ3n) is 5.98. The van der Waals surface area contributed by atoms with Gasteiger partial charge >= 0.3 is 0 Å². The highest BCUT2D eigenvalue weighted by Gasteiger charge is 2.33. The van der Waals surface area contributed by atoms with Gasteiger partial charge in [0.1, 0.15) is 21.8 Å². The van der Waals surface area contributed by atoms with E-state index >= 15 is 0 Å². The first-order valence-corrected chi connectivity index (χ1v) is 12.4. The van der Waals surface area contributed by atoms with Crippen molar-refractivity contribution >= 4 is 46.1 Å². The highest BCUT2D eigenvalue weighted by atomic mass is 32.2. The van der Waals surface area contributed by atoms with Crippen LogP contribution in [0.15, 0.2) is 9.70 Å². The van der Waals surface area contributed by atoms with Crippen LogP contribution in [0, 0.1) is 18.3 Å². The van der Waals surface area contributed by atoms with Crippen LogP contribution in [0.1, 0.15) is 49.8 Å². The lowest BCUT2D eigenvalue weighted by Crippen LogP contribution is -2.47. The van der Waals surface area contributed by atoms with Gasteiger partial charge in [0.25, 0.3) is 11.5 Å². The minimum atomic E-state index is -0.247. The Morgan fingerprint density at radius 1 is 1.12 bits per heavy atom. The number of nitriles is 1. The van der Waals surface area contributed by atoms with Gasteiger partial charge in [-0.1, -0.05) is 44.2 Å². The van der Waals surface area contributed by atoms with Crippen LogP contribution in [0.2, 0.25) is 0 Å². The van der Waals surface area contributed by atoms with E-state index in [0.717, 1.165) is 56.8 Å². The van der Waals surface area contributed by atoms with E-state index in [4.69, 9.17) is 12.2 Å². The molecule has 0 unspecified atom stereocenters. The van der Waals surface area contributed by atoms with Gasteiger partial charge < -0.3 is 9.80 Å². The molecule has 1 aromatic heterocycles. The Kier molecular flexibility index (Phi) is 8.15. The van der Waals surface area contributed by atoms with Crippen molar-refractivity contribution in [2.24, 2.45) is 0 Å². The summed E-state index contributed by atoms with van der Waals surface area (Å²) in [4.78, 5) is 33.0. The highest BCUT2D eigenvalue weighted by molar-refractivity contribution is 8.26. The van der Waals surface area contributed by atoms with Gasteiger partial charge in [-0.2, -0.15) is 5.26 Å². The Morgan fingerprint density at radius 3 is 2.41 bits per heavy atom. The predicted octanol–water partition coefficient (Wildman–Crippen LogP) is 3.19. The van der Waals surface area contributed by atoms with Crippen molar-refractivity contribution in [3.8, 4) is 6.07 Å². The molecule has 2 fully saturated rings. The van der Waals surface area contributed by atoms with Crippen LogP contribution in [0.25, 0.3) is 6.08 Å². The third kappa shape index (κ3) is 4.77. The average molecular weight is 474 g/mol. The van der Waals surface area contributed by atoms with E-state index in [1.54, 1.807) is 9.47 Å². The fourth-order valence-electron chi connectivity index (χ4n) is 4.07. The highest BCUT2D eigenvalue weighted by Crippen LogP contribution is 2.36. The average Bonchev–Trinajstić information content (AvgIpc) is 3.03. The number of hydrogen-bond donors (Lipinski definition) is 0. The van der Waals surface area contributed by atoms with Crippen molar-refractivity contribution in [1.82, 2.24) is 14.4 Å². The summed E-state index contributed by atoms with van der Waals surface area (Å²) in [6.07, 6.45) is 4.45. The maximum Gasteiger partial charge on any atom is 0.270 e. The number of pyridine rings is 1. The molecule has 7 nitrogen and oxygen atoms in total. The maximum atomic E-state index is 13.3. The molecule has 1 aromatic rings. The normalized spacial score (nSPS) is 18.7. The van der Waals surface area contributed by atoms with Gasteiger partial charge in [-0.15, -0.1) is 0 Å². The van der Waals surface area contributed by atoms with Crippen LogP contribution in [-0.2, 0) is 11.3 Å². The second kappa shape index (κ2) is 10.6. The lowest BCUT2D eigenvalue weighted by molar-refractivity contribution is -0.122. The number of thiocarbonyl (C=S) groups is 1. The second-order valence-electron chi connectivity index (χ2n) is 8.28. The van der Waals surface area contributed by atoms with E-state index < -0.39 is 0 Å². The molecule has 2 aliphatic heterocycles. The number of anilines is 1. The number of amides is 1. The first-order valence-electron chi connectivity index (χ1n) is 11.2. The number of piperazine rings is 1. The standard InChI is InChI=1S/C23H31N5O2S2/c1-5-7-9-27-20(26-12-10-25(4)11-13-26)17(16(3)18(15-24)21(27)29)14-19-22(30)28(8-6-2)23(31)32-19/h14H,5-13H2,1-4H3/b19-14+. The maximum absolute atomic E-state index is 13.3. The SMILES string of the molecule is CCCCn1c(N2CCN(C)CC2)c(/C=C2/SC(=S)N(CCC)C2=O)c(C)c(C#N)c1=O. The van der Waals surface area contributed by atoms with Crippen molar-refractivity contribution in [2.75, 3.05) is 44.7 Å². The van der Waals surface area contributed by atoms with Gasteiger partial charge in [0.05, 0.1) is 4.91 Å². The summed E-state index contributed by atoms with van der Waals surface area (Å²) in [5.74, 6) is 0.712. The van der Waals surface area contributed by atoms with E-state index in [2.05, 4.69) is 29.8 Å². The molecule has 0 bridgehead atoms. The van der Waals surface area contributed by atoms with Gasteiger partial charge in [0, 0.05) is 44.8 Å². The lowest BCUT2D eigenvalue weighted by atomic mass is 10.0. The van der Waals surface area contributed by atoms with Gasteiger partial charge in [-0.05, 0) is 38.5 Å². The molecule has 2 aliphatic rings. The number of thioether (sulfide) groups is 1. The minimum Gasteiger partial charge on any atom is -0.355 e. The fourth-order valence-corrected chi connectivity index (χ4v) is 5.36. The number of carbonyl (C=O) groups is 1. The third-order valence-corrected chi connectivity index (χ3v) is 7.36. The minimum absolute atomic E-state index is 0.101. The molecule has 2 saturated heterocycles. The largest absolute Gasteiger partial charge is 0.355 e. The number of aromatic nitrogens is 1. The molecular weight excluding hydrogens is 442 g/mol. The van der Waals surface area contributed by atoms with Crippen LogP contribution < -0.4 is 10.5 Å². The summed E-state index contributed by atoms with van der Waals surface area (Å²) in [5.41, 5.74) is 1.30.